The number of hydrogen-bond acceptors (Lipinski definition) is 6. The van der Waals surface area contributed by atoms with Gasteiger partial charge in [0.25, 0.3) is 0 Å². The molecular weight excluding hydrogens is 472 g/mol. The molecule has 0 aromatic heterocycles. The van der Waals surface area contributed by atoms with Crippen molar-refractivity contribution in [3.63, 3.8) is 0 Å². The monoisotopic (exact) mass is 518 g/mol. The van der Waals surface area contributed by atoms with Gasteiger partial charge < -0.3 is 25.4 Å². The predicted molar refractivity (Wildman–Crippen MR) is 142 cm³/mol. The molecule has 0 spiro atoms. The number of hydrogen-bond donors (Lipinski definition) is 4. The van der Waals surface area contributed by atoms with Crippen molar-refractivity contribution >= 4 is 11.9 Å². The van der Waals surface area contributed by atoms with Crippen LogP contribution in [0, 0.1) is 40.9 Å². The van der Waals surface area contributed by atoms with Gasteiger partial charge in [-0.2, -0.15) is 0 Å². The van der Waals surface area contributed by atoms with E-state index in [1.807, 2.05) is 39.0 Å². The Morgan fingerprint density at radius 3 is 2.54 bits per heavy atom. The van der Waals surface area contributed by atoms with Crippen molar-refractivity contribution in [2.45, 2.75) is 85.0 Å². The first kappa shape index (κ1) is 29.6. The molecule has 2 fully saturated rings. The summed E-state index contributed by atoms with van der Waals surface area (Å²) < 4.78 is 5.16. The number of fused-ring (bicyclic) bond motifs is 1. The maximum atomic E-state index is 14.2. The van der Waals surface area contributed by atoms with Gasteiger partial charge in [0.15, 0.2) is 12.5 Å². The number of carbonyl (C=O) groups excluding carboxylic acids is 2. The summed E-state index contributed by atoms with van der Waals surface area (Å²) in [5.41, 5.74) is -0.996. The fraction of sp³-hybridized carbons (Fsp3) is 0.724. The van der Waals surface area contributed by atoms with Gasteiger partial charge in [-0.25, -0.2) is 9.69 Å². The van der Waals surface area contributed by atoms with Crippen molar-refractivity contribution in [2.24, 2.45) is 40.9 Å². The van der Waals surface area contributed by atoms with Gasteiger partial charge in [0, 0.05) is 13.0 Å². The lowest BCUT2D eigenvalue weighted by molar-refractivity contribution is -0.161. The summed E-state index contributed by atoms with van der Waals surface area (Å²) >= 11 is 0. The minimum Gasteiger partial charge on any atom is -0.393 e. The third-order valence-electron chi connectivity index (χ3n) is 8.91. The molecule has 2 aliphatic carbocycles. The molecule has 1 heterocycles. The molecule has 1 saturated carbocycles. The summed E-state index contributed by atoms with van der Waals surface area (Å²) in [6.07, 6.45) is 10.7. The van der Waals surface area contributed by atoms with Crippen LogP contribution in [-0.4, -0.2) is 63.9 Å². The van der Waals surface area contributed by atoms with E-state index in [0.29, 0.717) is 18.8 Å². The zero-order chi connectivity index (χ0) is 27.5. The Morgan fingerprint density at radius 1 is 1.24 bits per heavy atom. The van der Waals surface area contributed by atoms with Crippen molar-refractivity contribution in [1.29, 1.82) is 0 Å². The smallest absolute Gasteiger partial charge is 0.328 e. The maximum Gasteiger partial charge on any atom is 0.328 e. The van der Waals surface area contributed by atoms with Gasteiger partial charge in [0.1, 0.15) is 0 Å². The van der Waals surface area contributed by atoms with E-state index in [9.17, 15) is 24.9 Å². The van der Waals surface area contributed by atoms with Crippen molar-refractivity contribution in [1.82, 2.24) is 10.2 Å². The molecule has 0 radical (unpaired) electrons. The Labute approximate surface area is 221 Å². The summed E-state index contributed by atoms with van der Waals surface area (Å²) in [6.45, 7) is 10.2. The molecule has 37 heavy (non-hydrogen) atoms. The summed E-state index contributed by atoms with van der Waals surface area (Å²) in [6, 6.07) is -0.666. The third kappa shape index (κ3) is 6.03. The number of urea groups is 1. The van der Waals surface area contributed by atoms with Crippen molar-refractivity contribution in [2.75, 3.05) is 7.11 Å². The lowest BCUT2D eigenvalue weighted by Crippen LogP contribution is -2.58. The number of aliphatic hydroxyl groups excluding tert-OH is 3. The predicted octanol–water partition coefficient (Wildman–Crippen LogP) is 3.59. The zero-order valence-corrected chi connectivity index (χ0v) is 23.1. The molecular formula is C29H46N2O6. The molecule has 1 saturated heterocycles. The molecule has 11 atom stereocenters. The second kappa shape index (κ2) is 12.2. The highest BCUT2D eigenvalue weighted by atomic mass is 16.5. The number of amides is 3. The van der Waals surface area contributed by atoms with Gasteiger partial charge in [-0.05, 0) is 62.2 Å². The van der Waals surface area contributed by atoms with Gasteiger partial charge in [-0.15, -0.1) is 0 Å². The van der Waals surface area contributed by atoms with Gasteiger partial charge >= 0.3 is 6.03 Å². The molecule has 1 aliphatic heterocycles. The second-order valence-corrected chi connectivity index (χ2v) is 11.6. The first-order chi connectivity index (χ1) is 17.4. The van der Waals surface area contributed by atoms with Crippen LogP contribution >= 0.6 is 0 Å². The summed E-state index contributed by atoms with van der Waals surface area (Å²) in [7, 11) is 1.37. The van der Waals surface area contributed by atoms with Gasteiger partial charge in [0.05, 0.1) is 17.6 Å². The van der Waals surface area contributed by atoms with Crippen molar-refractivity contribution in [3.05, 3.63) is 36.5 Å². The number of nitrogens with one attached hydrogen (secondary N) is 1. The van der Waals surface area contributed by atoms with Crippen molar-refractivity contribution in [3.8, 4) is 0 Å². The van der Waals surface area contributed by atoms with Crippen LogP contribution in [0.2, 0.25) is 0 Å². The highest BCUT2D eigenvalue weighted by Gasteiger charge is 2.58. The largest absolute Gasteiger partial charge is 0.393 e. The van der Waals surface area contributed by atoms with Crippen LogP contribution in [0.4, 0.5) is 4.79 Å². The zero-order valence-electron chi connectivity index (χ0n) is 23.1. The number of carbonyl (C=O) groups is 2. The van der Waals surface area contributed by atoms with Gasteiger partial charge in [0.2, 0.25) is 5.91 Å². The normalized spacial score (nSPS) is 38.6. The Kier molecular flexibility index (Phi) is 9.78. The van der Waals surface area contributed by atoms with Crippen LogP contribution in [0.3, 0.4) is 0 Å². The van der Waals surface area contributed by atoms with E-state index >= 15 is 0 Å². The SMILES string of the molecule is CCC(O)C(C)/C=C/C=C/C(O)CC1C=CC2CC(C)CC(C)C2C1(C)C(=O)N1C(=O)NC(OC)C1O. The van der Waals surface area contributed by atoms with E-state index in [0.717, 1.165) is 17.7 Å². The molecule has 11 unspecified atom stereocenters. The van der Waals surface area contributed by atoms with Crippen molar-refractivity contribution < 1.29 is 29.6 Å². The minimum atomic E-state index is -1.42. The van der Waals surface area contributed by atoms with Crippen LogP contribution in [0.15, 0.2) is 36.5 Å². The topological polar surface area (TPSA) is 119 Å². The molecule has 3 amide bonds. The average molecular weight is 519 g/mol. The highest BCUT2D eigenvalue weighted by molar-refractivity contribution is 5.99. The number of methoxy groups -OCH3 is 1. The van der Waals surface area contributed by atoms with Crippen LogP contribution in [0.5, 0.6) is 0 Å². The average Bonchev–Trinajstić information content (AvgIpc) is 3.14. The molecule has 208 valence electrons. The Hall–Kier alpha value is -2.00. The van der Waals surface area contributed by atoms with E-state index in [1.54, 1.807) is 12.2 Å². The molecule has 0 aromatic carbocycles. The molecule has 8 nitrogen and oxygen atoms in total. The second-order valence-electron chi connectivity index (χ2n) is 11.6. The lowest BCUT2D eigenvalue weighted by Gasteiger charge is -2.54. The van der Waals surface area contributed by atoms with Crippen LogP contribution in [-0.2, 0) is 9.53 Å². The third-order valence-corrected chi connectivity index (χ3v) is 8.91. The summed E-state index contributed by atoms with van der Waals surface area (Å²) in [5, 5.41) is 34.1. The van der Waals surface area contributed by atoms with Gasteiger partial charge in [-0.3, -0.25) is 4.79 Å². The molecule has 8 heteroatoms. The number of imide groups is 1. The molecule has 4 N–H and O–H groups in total. The van der Waals surface area contributed by atoms with E-state index < -0.39 is 42.0 Å². The Bertz CT molecular complexity index is 903. The van der Waals surface area contributed by atoms with Crippen LogP contribution in [0.1, 0.15) is 60.3 Å². The summed E-state index contributed by atoms with van der Waals surface area (Å²) in [5.74, 6) is 0.175. The first-order valence-corrected chi connectivity index (χ1v) is 13.7. The van der Waals surface area contributed by atoms with Crippen LogP contribution in [0.25, 0.3) is 0 Å². The van der Waals surface area contributed by atoms with E-state index in [2.05, 4.69) is 25.2 Å². The molecule has 0 bridgehead atoms. The number of nitrogens with zero attached hydrogens (tertiary/aromatic N) is 1. The Morgan fingerprint density at radius 2 is 1.92 bits per heavy atom. The van der Waals surface area contributed by atoms with E-state index in [-0.39, 0.29) is 29.6 Å². The van der Waals surface area contributed by atoms with E-state index in [4.69, 9.17) is 4.74 Å². The minimum absolute atomic E-state index is 0.00931. The number of rotatable bonds is 9. The highest BCUT2D eigenvalue weighted by Crippen LogP contribution is 2.56. The standard InChI is InChI=1S/C29H46N2O6/c1-7-23(33)18(3)10-8-9-11-22(32)16-21-13-12-20-15-17(2)14-19(4)24(20)29(21,5)27(35)31-26(34)25(37-6)30-28(31)36/h8-13,17-26,32-34H,7,14-16H2,1-6H3,(H,30,36)/b10-8+,11-9+. The fourth-order valence-corrected chi connectivity index (χ4v) is 6.94. The molecule has 3 rings (SSSR count). The fourth-order valence-electron chi connectivity index (χ4n) is 6.94. The van der Waals surface area contributed by atoms with Gasteiger partial charge in [-0.1, -0.05) is 64.2 Å². The maximum absolute atomic E-state index is 14.2. The number of allylic oxidation sites excluding steroid dienone is 4. The lowest BCUT2D eigenvalue weighted by atomic mass is 9.51. The first-order valence-electron chi connectivity index (χ1n) is 13.7. The molecule has 0 aromatic rings. The number of ether oxygens (including phenoxy) is 1. The van der Waals surface area contributed by atoms with E-state index in [1.165, 1.54) is 7.11 Å². The quantitative estimate of drug-likeness (QED) is 0.274. The Balaban J connectivity index is 1.88. The summed E-state index contributed by atoms with van der Waals surface area (Å²) in [4.78, 5) is 27.8. The molecule has 3 aliphatic rings. The van der Waals surface area contributed by atoms with Crippen LogP contribution < -0.4 is 5.32 Å². The number of aliphatic hydroxyl groups is 3.